The van der Waals surface area contributed by atoms with Crippen LogP contribution in [0.15, 0.2) is 12.1 Å². The number of nitrogens with two attached hydrogens (primary N) is 2. The molecular formula is C12H20N4. The van der Waals surface area contributed by atoms with Gasteiger partial charge in [-0.15, -0.1) is 0 Å². The van der Waals surface area contributed by atoms with Gasteiger partial charge in [0.2, 0.25) is 0 Å². The minimum absolute atomic E-state index is 0.433. The van der Waals surface area contributed by atoms with Gasteiger partial charge in [-0.25, -0.2) is 4.98 Å². The van der Waals surface area contributed by atoms with Crippen LogP contribution >= 0.6 is 0 Å². The molecule has 1 aromatic heterocycles. The van der Waals surface area contributed by atoms with Gasteiger partial charge in [-0.05, 0) is 37.8 Å². The summed E-state index contributed by atoms with van der Waals surface area (Å²) in [4.78, 5) is 6.68. The van der Waals surface area contributed by atoms with Gasteiger partial charge >= 0.3 is 0 Å². The zero-order chi connectivity index (χ0) is 11.7. The number of anilines is 3. The molecule has 0 bridgehead atoms. The summed E-state index contributed by atoms with van der Waals surface area (Å²) in [5.74, 6) is 2.09. The van der Waals surface area contributed by atoms with E-state index in [0.717, 1.165) is 12.4 Å². The fourth-order valence-corrected chi connectivity index (χ4v) is 2.29. The van der Waals surface area contributed by atoms with E-state index in [1.165, 1.54) is 12.8 Å². The summed E-state index contributed by atoms with van der Waals surface area (Å²) in [5.41, 5.74) is 12.0. The maximum absolute atomic E-state index is 5.74. The summed E-state index contributed by atoms with van der Waals surface area (Å²) in [5, 5.41) is 0. The molecule has 0 aliphatic carbocycles. The molecule has 4 heteroatoms. The van der Waals surface area contributed by atoms with Gasteiger partial charge in [0.15, 0.2) is 0 Å². The number of aromatic nitrogens is 1. The van der Waals surface area contributed by atoms with Crippen molar-refractivity contribution in [2.45, 2.75) is 32.7 Å². The van der Waals surface area contributed by atoms with E-state index >= 15 is 0 Å². The molecule has 2 unspecified atom stereocenters. The Hall–Kier alpha value is -1.45. The third-order valence-electron chi connectivity index (χ3n) is 3.61. The zero-order valence-corrected chi connectivity index (χ0v) is 9.98. The Morgan fingerprint density at radius 2 is 2.06 bits per heavy atom. The topological polar surface area (TPSA) is 68.2 Å². The standard InChI is InChI=1S/C12H20N4/c1-8-4-3-7-16(9(8)2)11-6-5-10(13)12(14)15-11/h5-6,8-9H,3-4,7,13H2,1-2H3,(H2,14,15). The first-order chi connectivity index (χ1) is 7.59. The highest BCUT2D eigenvalue weighted by atomic mass is 15.2. The first kappa shape index (κ1) is 11.0. The molecule has 1 saturated heterocycles. The van der Waals surface area contributed by atoms with Crippen molar-refractivity contribution < 1.29 is 0 Å². The lowest BCUT2D eigenvalue weighted by Crippen LogP contribution is -2.42. The molecular weight excluding hydrogens is 200 g/mol. The Kier molecular flexibility index (Phi) is 2.90. The van der Waals surface area contributed by atoms with E-state index in [-0.39, 0.29) is 0 Å². The smallest absolute Gasteiger partial charge is 0.149 e. The number of pyridine rings is 1. The van der Waals surface area contributed by atoms with Crippen molar-refractivity contribution in [2.24, 2.45) is 5.92 Å². The minimum atomic E-state index is 0.433. The van der Waals surface area contributed by atoms with E-state index in [4.69, 9.17) is 11.5 Å². The van der Waals surface area contributed by atoms with E-state index < -0.39 is 0 Å². The van der Waals surface area contributed by atoms with E-state index in [1.54, 1.807) is 0 Å². The predicted molar refractivity (Wildman–Crippen MR) is 68.3 cm³/mol. The molecule has 16 heavy (non-hydrogen) atoms. The molecule has 88 valence electrons. The van der Waals surface area contributed by atoms with Gasteiger partial charge in [0.05, 0.1) is 5.69 Å². The number of hydrogen-bond acceptors (Lipinski definition) is 4. The lowest BCUT2D eigenvalue weighted by atomic mass is 9.92. The third-order valence-corrected chi connectivity index (χ3v) is 3.61. The van der Waals surface area contributed by atoms with Crippen LogP contribution < -0.4 is 16.4 Å². The number of nitrogens with zero attached hydrogens (tertiary/aromatic N) is 2. The SMILES string of the molecule is CC1CCCN(c2ccc(N)c(N)n2)C1C. The molecule has 0 saturated carbocycles. The van der Waals surface area contributed by atoms with Gasteiger partial charge < -0.3 is 16.4 Å². The lowest BCUT2D eigenvalue weighted by molar-refractivity contribution is 0.361. The van der Waals surface area contributed by atoms with Crippen LogP contribution in [0.2, 0.25) is 0 Å². The van der Waals surface area contributed by atoms with Crippen LogP contribution in [0, 0.1) is 5.92 Å². The average Bonchev–Trinajstić information content (AvgIpc) is 2.26. The van der Waals surface area contributed by atoms with Crippen LogP contribution in [-0.4, -0.2) is 17.6 Å². The highest BCUT2D eigenvalue weighted by Crippen LogP contribution is 2.28. The quantitative estimate of drug-likeness (QED) is 0.758. The monoisotopic (exact) mass is 220 g/mol. The summed E-state index contributed by atoms with van der Waals surface area (Å²) < 4.78 is 0. The largest absolute Gasteiger partial charge is 0.396 e. The van der Waals surface area contributed by atoms with Gasteiger partial charge in [0, 0.05) is 12.6 Å². The molecule has 1 aliphatic heterocycles. The number of rotatable bonds is 1. The molecule has 2 rings (SSSR count). The highest BCUT2D eigenvalue weighted by molar-refractivity contribution is 5.62. The molecule has 2 heterocycles. The Balaban J connectivity index is 2.25. The van der Waals surface area contributed by atoms with Gasteiger partial charge in [-0.2, -0.15) is 0 Å². The van der Waals surface area contributed by atoms with Crippen molar-refractivity contribution in [1.82, 2.24) is 4.98 Å². The Labute approximate surface area is 96.6 Å². The number of nitrogen functional groups attached to an aromatic ring is 2. The second-order valence-electron chi connectivity index (χ2n) is 4.70. The third kappa shape index (κ3) is 1.92. The van der Waals surface area contributed by atoms with Crippen LogP contribution in [0.5, 0.6) is 0 Å². The van der Waals surface area contributed by atoms with E-state index in [0.29, 0.717) is 23.5 Å². The maximum Gasteiger partial charge on any atom is 0.149 e. The molecule has 4 nitrogen and oxygen atoms in total. The van der Waals surface area contributed by atoms with Crippen molar-refractivity contribution in [3.05, 3.63) is 12.1 Å². The number of hydrogen-bond donors (Lipinski definition) is 2. The molecule has 0 spiro atoms. The Morgan fingerprint density at radius 3 is 2.75 bits per heavy atom. The average molecular weight is 220 g/mol. The van der Waals surface area contributed by atoms with Gasteiger partial charge in [0.1, 0.15) is 11.6 Å². The van der Waals surface area contributed by atoms with Gasteiger partial charge in [0.25, 0.3) is 0 Å². The van der Waals surface area contributed by atoms with Crippen LogP contribution in [0.3, 0.4) is 0 Å². The molecule has 2 atom stereocenters. The molecule has 1 fully saturated rings. The van der Waals surface area contributed by atoms with Crippen molar-refractivity contribution in [3.63, 3.8) is 0 Å². The van der Waals surface area contributed by atoms with Crippen LogP contribution in [0.4, 0.5) is 17.3 Å². The van der Waals surface area contributed by atoms with Crippen molar-refractivity contribution in [3.8, 4) is 0 Å². The molecule has 1 aliphatic rings. The maximum atomic E-state index is 5.74. The fraction of sp³-hybridized carbons (Fsp3) is 0.583. The second-order valence-corrected chi connectivity index (χ2v) is 4.70. The molecule has 4 N–H and O–H groups in total. The van der Waals surface area contributed by atoms with Crippen molar-refractivity contribution in [1.29, 1.82) is 0 Å². The van der Waals surface area contributed by atoms with Crippen LogP contribution in [0.25, 0.3) is 0 Å². The summed E-state index contributed by atoms with van der Waals surface area (Å²) in [6.07, 6.45) is 2.51. The Bertz CT molecular complexity index is 377. The molecule has 1 aromatic rings. The van der Waals surface area contributed by atoms with E-state index in [2.05, 4.69) is 23.7 Å². The molecule has 0 amide bonds. The van der Waals surface area contributed by atoms with Crippen molar-refractivity contribution >= 4 is 17.3 Å². The Morgan fingerprint density at radius 1 is 1.31 bits per heavy atom. The van der Waals surface area contributed by atoms with E-state index in [9.17, 15) is 0 Å². The molecule has 0 radical (unpaired) electrons. The number of piperidine rings is 1. The first-order valence-corrected chi connectivity index (χ1v) is 5.88. The van der Waals surface area contributed by atoms with Gasteiger partial charge in [-0.3, -0.25) is 0 Å². The first-order valence-electron chi connectivity index (χ1n) is 5.88. The zero-order valence-electron chi connectivity index (χ0n) is 9.98. The summed E-state index contributed by atoms with van der Waals surface area (Å²) in [6, 6.07) is 4.31. The second kappa shape index (κ2) is 4.20. The van der Waals surface area contributed by atoms with Crippen LogP contribution in [0.1, 0.15) is 26.7 Å². The summed E-state index contributed by atoms with van der Waals surface area (Å²) >= 11 is 0. The van der Waals surface area contributed by atoms with Crippen LogP contribution in [-0.2, 0) is 0 Å². The lowest BCUT2D eigenvalue weighted by Gasteiger charge is -2.38. The normalized spacial score (nSPS) is 25.8. The van der Waals surface area contributed by atoms with Gasteiger partial charge in [-0.1, -0.05) is 6.92 Å². The van der Waals surface area contributed by atoms with E-state index in [1.807, 2.05) is 12.1 Å². The predicted octanol–water partition coefficient (Wildman–Crippen LogP) is 1.87. The van der Waals surface area contributed by atoms with Crippen molar-refractivity contribution in [2.75, 3.05) is 22.9 Å². The fourth-order valence-electron chi connectivity index (χ4n) is 2.29. The minimum Gasteiger partial charge on any atom is -0.396 e. The highest BCUT2D eigenvalue weighted by Gasteiger charge is 2.25. The summed E-state index contributed by atoms with van der Waals surface area (Å²) in [7, 11) is 0. The summed E-state index contributed by atoms with van der Waals surface area (Å²) in [6.45, 7) is 5.59. The molecule has 0 aromatic carbocycles.